The summed E-state index contributed by atoms with van der Waals surface area (Å²) >= 11 is 1.43. The monoisotopic (exact) mass is 518 g/mol. The van der Waals surface area contributed by atoms with Gasteiger partial charge in [-0.25, -0.2) is 8.70 Å². The minimum atomic E-state index is -4.34. The first-order valence-electron chi connectivity index (χ1n) is 11.1. The first-order valence-corrected chi connectivity index (χ1v) is 11.9. The molecular formula is C23H22F4N8S. The van der Waals surface area contributed by atoms with Crippen LogP contribution in [0.25, 0.3) is 0 Å². The molecule has 1 aromatic heterocycles. The second kappa shape index (κ2) is 10.2. The lowest BCUT2D eigenvalue weighted by atomic mass is 10.2. The molecule has 0 unspecified atom stereocenters. The first-order chi connectivity index (χ1) is 17.3. The standard InChI is InChI=1S/C23H22F4N8S/c24-17-3-5-18(6-4-17)30-20-13-21(34-14-28-29-15-34)32-22(31-20)33-9-11-35(12-10-33)36-19-7-1-16(2-8-19)23(25,26)27/h1-8,13-14,29H,9-12,15H2,(H,30,31,32). The molecule has 3 aromatic rings. The van der Waals surface area contributed by atoms with E-state index in [9.17, 15) is 17.6 Å². The van der Waals surface area contributed by atoms with Crippen LogP contribution in [-0.4, -0.2) is 53.5 Å². The average Bonchev–Trinajstić information content (AvgIpc) is 3.41. The Morgan fingerprint density at radius 3 is 2.28 bits per heavy atom. The fourth-order valence-corrected chi connectivity index (χ4v) is 4.60. The normalized spacial score (nSPS) is 16.3. The van der Waals surface area contributed by atoms with Crippen molar-refractivity contribution in [3.8, 4) is 0 Å². The summed E-state index contributed by atoms with van der Waals surface area (Å²) in [5.74, 6) is 1.43. The Balaban J connectivity index is 1.27. The predicted octanol–water partition coefficient (Wildman–Crippen LogP) is 4.52. The highest BCUT2D eigenvalue weighted by Crippen LogP contribution is 2.32. The second-order valence-electron chi connectivity index (χ2n) is 8.10. The summed E-state index contributed by atoms with van der Waals surface area (Å²) in [6.45, 7) is 3.10. The van der Waals surface area contributed by atoms with E-state index in [1.54, 1.807) is 24.5 Å². The van der Waals surface area contributed by atoms with Crippen molar-refractivity contribution in [2.45, 2.75) is 11.1 Å². The van der Waals surface area contributed by atoms with Gasteiger partial charge in [0.25, 0.3) is 0 Å². The number of rotatable bonds is 6. The van der Waals surface area contributed by atoms with E-state index in [0.717, 1.165) is 17.0 Å². The maximum absolute atomic E-state index is 13.3. The molecule has 2 N–H and O–H groups in total. The van der Waals surface area contributed by atoms with E-state index in [4.69, 9.17) is 4.98 Å². The molecular weight excluding hydrogens is 496 g/mol. The van der Waals surface area contributed by atoms with Crippen molar-refractivity contribution in [2.24, 2.45) is 5.10 Å². The molecule has 13 heteroatoms. The number of nitrogens with zero attached hydrogens (tertiary/aromatic N) is 6. The number of nitrogens with one attached hydrogen (secondary N) is 2. The van der Waals surface area contributed by atoms with Crippen LogP contribution in [0, 0.1) is 5.82 Å². The van der Waals surface area contributed by atoms with Gasteiger partial charge in [0.05, 0.1) is 5.56 Å². The molecule has 8 nitrogen and oxygen atoms in total. The van der Waals surface area contributed by atoms with Crippen molar-refractivity contribution in [1.29, 1.82) is 0 Å². The first kappa shape index (κ1) is 24.1. The molecule has 5 rings (SSSR count). The van der Waals surface area contributed by atoms with Gasteiger partial charge in [-0.05, 0) is 60.5 Å². The Morgan fingerprint density at radius 2 is 1.64 bits per heavy atom. The number of aromatic nitrogens is 2. The van der Waals surface area contributed by atoms with Crippen LogP contribution in [-0.2, 0) is 6.18 Å². The number of hydrazone groups is 1. The SMILES string of the molecule is Fc1ccc(Nc2cc(N3C=NNC3)nc(N3CCN(Sc4ccc(C(F)(F)F)cc4)CC3)n2)cc1. The highest BCUT2D eigenvalue weighted by atomic mass is 32.2. The molecule has 2 aliphatic rings. The number of benzene rings is 2. The maximum Gasteiger partial charge on any atom is 0.416 e. The molecule has 1 saturated heterocycles. The highest BCUT2D eigenvalue weighted by molar-refractivity contribution is 7.97. The van der Waals surface area contributed by atoms with Crippen LogP contribution >= 0.6 is 11.9 Å². The van der Waals surface area contributed by atoms with E-state index >= 15 is 0 Å². The van der Waals surface area contributed by atoms with E-state index in [1.165, 1.54) is 36.2 Å². The zero-order valence-electron chi connectivity index (χ0n) is 18.9. The molecule has 36 heavy (non-hydrogen) atoms. The molecule has 188 valence electrons. The van der Waals surface area contributed by atoms with Crippen molar-refractivity contribution in [1.82, 2.24) is 19.7 Å². The number of hydrogen-bond donors (Lipinski definition) is 2. The van der Waals surface area contributed by atoms with Gasteiger partial charge in [-0.15, -0.1) is 0 Å². The van der Waals surface area contributed by atoms with Crippen LogP contribution in [0.3, 0.4) is 0 Å². The number of alkyl halides is 3. The Bertz CT molecular complexity index is 1210. The lowest BCUT2D eigenvalue weighted by Crippen LogP contribution is -2.44. The van der Waals surface area contributed by atoms with Crippen LogP contribution in [0.5, 0.6) is 0 Å². The summed E-state index contributed by atoms with van der Waals surface area (Å²) < 4.78 is 53.8. The average molecular weight is 519 g/mol. The molecule has 0 radical (unpaired) electrons. The van der Waals surface area contributed by atoms with Crippen molar-refractivity contribution in [2.75, 3.05) is 48.0 Å². The molecule has 2 aliphatic heterocycles. The minimum absolute atomic E-state index is 0.323. The lowest BCUT2D eigenvalue weighted by molar-refractivity contribution is -0.137. The minimum Gasteiger partial charge on any atom is -0.340 e. The van der Waals surface area contributed by atoms with Crippen LogP contribution in [0.15, 0.2) is 64.6 Å². The number of anilines is 4. The summed E-state index contributed by atoms with van der Waals surface area (Å²) in [6.07, 6.45) is -2.70. The third-order valence-corrected chi connectivity index (χ3v) is 6.69. The van der Waals surface area contributed by atoms with Gasteiger partial charge < -0.3 is 10.2 Å². The van der Waals surface area contributed by atoms with Crippen molar-refractivity contribution in [3.63, 3.8) is 0 Å². The Morgan fingerprint density at radius 1 is 0.917 bits per heavy atom. The molecule has 0 saturated carbocycles. The topological polar surface area (TPSA) is 71.9 Å². The van der Waals surface area contributed by atoms with Gasteiger partial charge in [0.15, 0.2) is 0 Å². The predicted molar refractivity (Wildman–Crippen MR) is 132 cm³/mol. The second-order valence-corrected chi connectivity index (χ2v) is 9.27. The van der Waals surface area contributed by atoms with E-state index in [1.807, 2.05) is 4.90 Å². The number of piperazine rings is 1. The molecule has 0 atom stereocenters. The van der Waals surface area contributed by atoms with Crippen molar-refractivity contribution >= 4 is 41.6 Å². The largest absolute Gasteiger partial charge is 0.416 e. The molecule has 0 amide bonds. The summed E-state index contributed by atoms with van der Waals surface area (Å²) in [5, 5.41) is 7.22. The summed E-state index contributed by atoms with van der Waals surface area (Å²) in [5.41, 5.74) is 2.91. The quantitative estimate of drug-likeness (QED) is 0.365. The van der Waals surface area contributed by atoms with Crippen molar-refractivity contribution in [3.05, 3.63) is 66.0 Å². The molecule has 0 aliphatic carbocycles. The maximum atomic E-state index is 13.3. The van der Waals surface area contributed by atoms with Crippen LogP contribution < -0.4 is 20.5 Å². The number of hydrogen-bond acceptors (Lipinski definition) is 9. The summed E-state index contributed by atoms with van der Waals surface area (Å²) in [7, 11) is 0. The lowest BCUT2D eigenvalue weighted by Gasteiger charge is -2.34. The molecule has 0 bridgehead atoms. The Hall–Kier alpha value is -3.58. The van der Waals surface area contributed by atoms with Crippen LogP contribution in [0.2, 0.25) is 0 Å². The van der Waals surface area contributed by atoms with Gasteiger partial charge >= 0.3 is 6.18 Å². The fourth-order valence-electron chi connectivity index (χ4n) is 3.70. The van der Waals surface area contributed by atoms with Crippen LogP contribution in [0.4, 0.5) is 40.8 Å². The zero-order chi connectivity index (χ0) is 25.1. The van der Waals surface area contributed by atoms with Gasteiger partial charge in [-0.2, -0.15) is 28.2 Å². The van der Waals surface area contributed by atoms with E-state index in [-0.39, 0.29) is 5.82 Å². The fraction of sp³-hybridized carbons (Fsp3) is 0.261. The van der Waals surface area contributed by atoms with Gasteiger partial charge in [-0.1, -0.05) is 0 Å². The van der Waals surface area contributed by atoms with E-state index in [2.05, 4.69) is 30.0 Å². The Labute approximate surface area is 209 Å². The summed E-state index contributed by atoms with van der Waals surface area (Å²) in [4.78, 5) is 14.0. The highest BCUT2D eigenvalue weighted by Gasteiger charge is 2.30. The summed E-state index contributed by atoms with van der Waals surface area (Å²) in [6, 6.07) is 13.0. The Kier molecular flexibility index (Phi) is 6.83. The van der Waals surface area contributed by atoms with Gasteiger partial charge in [0.2, 0.25) is 5.95 Å². The third kappa shape index (κ3) is 5.79. The van der Waals surface area contributed by atoms with Crippen LogP contribution in [0.1, 0.15) is 5.56 Å². The van der Waals surface area contributed by atoms with Gasteiger partial charge in [0, 0.05) is 42.8 Å². The van der Waals surface area contributed by atoms with E-state index < -0.39 is 11.7 Å². The molecule has 2 aromatic carbocycles. The molecule has 3 heterocycles. The smallest absolute Gasteiger partial charge is 0.340 e. The van der Waals surface area contributed by atoms with Gasteiger partial charge in [-0.3, -0.25) is 10.3 Å². The van der Waals surface area contributed by atoms with E-state index in [0.29, 0.717) is 56.1 Å². The van der Waals surface area contributed by atoms with Crippen molar-refractivity contribution < 1.29 is 17.6 Å². The number of halogens is 4. The van der Waals surface area contributed by atoms with Gasteiger partial charge in [0.1, 0.15) is 30.5 Å². The zero-order valence-corrected chi connectivity index (χ0v) is 19.7. The molecule has 1 fully saturated rings. The third-order valence-electron chi connectivity index (χ3n) is 5.58. The molecule has 0 spiro atoms.